The zero-order valence-corrected chi connectivity index (χ0v) is 46.5. The van der Waals surface area contributed by atoms with Gasteiger partial charge in [-0.15, -0.1) is 0 Å². The first-order valence-corrected chi connectivity index (χ1v) is 30.3. The second-order valence-electron chi connectivity index (χ2n) is 20.2. The minimum atomic E-state index is -0.792. The summed E-state index contributed by atoms with van der Waals surface area (Å²) in [6.45, 7) is 6.48. The van der Waals surface area contributed by atoms with Crippen molar-refractivity contribution >= 4 is 17.9 Å². The van der Waals surface area contributed by atoms with Gasteiger partial charge < -0.3 is 14.2 Å². The summed E-state index contributed by atoms with van der Waals surface area (Å²) in [7, 11) is 0. The van der Waals surface area contributed by atoms with Crippen LogP contribution >= 0.6 is 0 Å². The maximum atomic E-state index is 12.8. The lowest BCUT2D eigenvalue weighted by atomic mass is 10.0. The third-order valence-electron chi connectivity index (χ3n) is 13.3. The van der Waals surface area contributed by atoms with Crippen LogP contribution in [0.5, 0.6) is 0 Å². The summed E-state index contributed by atoms with van der Waals surface area (Å²) < 4.78 is 16.8. The van der Waals surface area contributed by atoms with Crippen LogP contribution in [0, 0.1) is 0 Å². The maximum absolute atomic E-state index is 12.8. The predicted molar refractivity (Wildman–Crippen MR) is 302 cm³/mol. The standard InChI is InChI=1S/C64H114O6/c1-4-7-10-13-16-19-22-25-27-28-29-30-31-32-33-34-35-36-37-40-42-45-48-51-54-57-63(66)69-60-61(59-68-62(65)56-53-50-47-44-41-38-24-21-18-15-12-9-6-3)70-64(67)58-55-52-49-46-43-39-26-23-20-17-14-11-8-5-2/h9,12,14,17-18,21,23,26,38,41,61H,4-8,10-11,13,15-16,19-20,22,24-25,27-37,39-40,42-60H2,1-3H3/b12-9-,17-14-,21-18-,26-23-,41-38-. The van der Waals surface area contributed by atoms with Crippen LogP contribution in [-0.2, 0) is 28.6 Å². The number of carbonyl (C=O) groups excluding carboxylic acids is 3. The van der Waals surface area contributed by atoms with Crippen LogP contribution in [0.4, 0.5) is 0 Å². The van der Waals surface area contributed by atoms with Crippen LogP contribution < -0.4 is 0 Å². The van der Waals surface area contributed by atoms with Gasteiger partial charge >= 0.3 is 17.9 Å². The second kappa shape index (κ2) is 58.7. The summed E-state index contributed by atoms with van der Waals surface area (Å²) in [5, 5.41) is 0. The van der Waals surface area contributed by atoms with Crippen LogP contribution in [0.1, 0.15) is 310 Å². The number of ether oxygens (including phenoxy) is 3. The molecule has 406 valence electrons. The molecule has 0 aromatic heterocycles. The Kier molecular flexibility index (Phi) is 56.3. The molecule has 6 heteroatoms. The van der Waals surface area contributed by atoms with E-state index in [2.05, 4.69) is 81.5 Å². The Balaban J connectivity index is 4.24. The summed E-state index contributed by atoms with van der Waals surface area (Å²) in [6, 6.07) is 0. The van der Waals surface area contributed by atoms with Crippen molar-refractivity contribution in [2.75, 3.05) is 13.2 Å². The SMILES string of the molecule is CC/C=C\C/C=C\C/C=C\CCCCCC(=O)OCC(COC(=O)CCCCCCCCCCCCCCCCCCCCCCCCCCC)OC(=O)CCCCCCC/C=C\C/C=C\CCCC. The Morgan fingerprint density at radius 2 is 0.571 bits per heavy atom. The predicted octanol–water partition coefficient (Wildman–Crippen LogP) is 20.4. The minimum absolute atomic E-state index is 0.0870. The van der Waals surface area contributed by atoms with Crippen molar-refractivity contribution in [1.82, 2.24) is 0 Å². The molecule has 0 aliphatic heterocycles. The van der Waals surface area contributed by atoms with Crippen molar-refractivity contribution in [3.63, 3.8) is 0 Å². The van der Waals surface area contributed by atoms with E-state index >= 15 is 0 Å². The van der Waals surface area contributed by atoms with E-state index in [0.717, 1.165) is 109 Å². The van der Waals surface area contributed by atoms with Gasteiger partial charge in [0.2, 0.25) is 0 Å². The first-order valence-electron chi connectivity index (χ1n) is 30.3. The fourth-order valence-electron chi connectivity index (χ4n) is 8.71. The lowest BCUT2D eigenvalue weighted by Crippen LogP contribution is -2.30. The summed E-state index contributed by atoms with van der Waals surface area (Å²) in [6.07, 6.45) is 73.8. The Labute approximate surface area is 434 Å². The molecule has 70 heavy (non-hydrogen) atoms. The zero-order chi connectivity index (χ0) is 50.7. The topological polar surface area (TPSA) is 78.9 Å². The van der Waals surface area contributed by atoms with Gasteiger partial charge in [0.1, 0.15) is 13.2 Å². The van der Waals surface area contributed by atoms with E-state index in [4.69, 9.17) is 14.2 Å². The number of unbranched alkanes of at least 4 members (excludes halogenated alkanes) is 34. The molecule has 0 saturated carbocycles. The highest BCUT2D eigenvalue weighted by Crippen LogP contribution is 2.17. The molecule has 0 radical (unpaired) electrons. The van der Waals surface area contributed by atoms with Crippen LogP contribution in [0.2, 0.25) is 0 Å². The molecule has 0 fully saturated rings. The molecule has 0 saturated heterocycles. The number of hydrogen-bond donors (Lipinski definition) is 0. The van der Waals surface area contributed by atoms with Crippen LogP contribution in [0.15, 0.2) is 60.8 Å². The quantitative estimate of drug-likeness (QED) is 0.0261. The lowest BCUT2D eigenvalue weighted by molar-refractivity contribution is -0.167. The first-order chi connectivity index (χ1) is 34.5. The van der Waals surface area contributed by atoms with E-state index in [1.807, 2.05) is 0 Å². The van der Waals surface area contributed by atoms with Gasteiger partial charge in [-0.2, -0.15) is 0 Å². The fraction of sp³-hybridized carbons (Fsp3) is 0.797. The van der Waals surface area contributed by atoms with Gasteiger partial charge in [-0.05, 0) is 77.0 Å². The molecule has 0 aromatic rings. The highest BCUT2D eigenvalue weighted by atomic mass is 16.6. The highest BCUT2D eigenvalue weighted by Gasteiger charge is 2.19. The van der Waals surface area contributed by atoms with E-state index in [9.17, 15) is 14.4 Å². The van der Waals surface area contributed by atoms with Crippen molar-refractivity contribution < 1.29 is 28.6 Å². The first kappa shape index (κ1) is 67.1. The summed E-state index contributed by atoms with van der Waals surface area (Å²) in [5.41, 5.74) is 0. The van der Waals surface area contributed by atoms with Gasteiger partial charge in [0.05, 0.1) is 0 Å². The third kappa shape index (κ3) is 56.0. The molecule has 0 aromatic carbocycles. The normalized spacial score (nSPS) is 12.4. The Morgan fingerprint density at radius 1 is 0.300 bits per heavy atom. The molecular weight excluding hydrogens is 865 g/mol. The average Bonchev–Trinajstić information content (AvgIpc) is 3.36. The zero-order valence-electron chi connectivity index (χ0n) is 46.5. The van der Waals surface area contributed by atoms with E-state index in [1.165, 1.54) is 161 Å². The average molecular weight is 980 g/mol. The molecule has 0 bridgehead atoms. The van der Waals surface area contributed by atoms with Gasteiger partial charge in [0, 0.05) is 19.3 Å². The molecule has 1 unspecified atom stereocenters. The molecule has 6 nitrogen and oxygen atoms in total. The van der Waals surface area contributed by atoms with Crippen molar-refractivity contribution in [3.8, 4) is 0 Å². The molecule has 0 spiro atoms. The highest BCUT2D eigenvalue weighted by molar-refractivity contribution is 5.71. The fourth-order valence-corrected chi connectivity index (χ4v) is 8.71. The Bertz CT molecular complexity index is 1260. The summed E-state index contributed by atoms with van der Waals surface area (Å²) >= 11 is 0. The molecule has 1 atom stereocenters. The number of hydrogen-bond acceptors (Lipinski definition) is 6. The number of rotatable bonds is 55. The lowest BCUT2D eigenvalue weighted by Gasteiger charge is -2.18. The van der Waals surface area contributed by atoms with E-state index in [-0.39, 0.29) is 31.1 Å². The number of carbonyl (C=O) groups is 3. The van der Waals surface area contributed by atoms with Gasteiger partial charge in [0.15, 0.2) is 6.10 Å². The van der Waals surface area contributed by atoms with Crippen molar-refractivity contribution in [2.24, 2.45) is 0 Å². The van der Waals surface area contributed by atoms with Gasteiger partial charge in [0.25, 0.3) is 0 Å². The molecular formula is C64H114O6. The molecule has 0 heterocycles. The van der Waals surface area contributed by atoms with E-state index in [1.54, 1.807) is 0 Å². The number of esters is 3. The Hall–Kier alpha value is -2.89. The van der Waals surface area contributed by atoms with Crippen molar-refractivity contribution in [3.05, 3.63) is 60.8 Å². The molecule has 0 N–H and O–H groups in total. The van der Waals surface area contributed by atoms with Crippen LogP contribution in [0.3, 0.4) is 0 Å². The van der Waals surface area contributed by atoms with E-state index in [0.29, 0.717) is 19.3 Å². The smallest absolute Gasteiger partial charge is 0.306 e. The Morgan fingerprint density at radius 3 is 0.929 bits per heavy atom. The summed E-state index contributed by atoms with van der Waals surface area (Å²) in [5.74, 6) is -0.920. The second-order valence-corrected chi connectivity index (χ2v) is 20.2. The minimum Gasteiger partial charge on any atom is -0.462 e. The van der Waals surface area contributed by atoms with Gasteiger partial charge in [-0.3, -0.25) is 14.4 Å². The maximum Gasteiger partial charge on any atom is 0.306 e. The van der Waals surface area contributed by atoms with Crippen LogP contribution in [-0.4, -0.2) is 37.2 Å². The van der Waals surface area contributed by atoms with Gasteiger partial charge in [-0.1, -0.05) is 274 Å². The molecule has 0 rings (SSSR count). The molecule has 0 aliphatic rings. The van der Waals surface area contributed by atoms with Crippen LogP contribution in [0.25, 0.3) is 0 Å². The molecule has 0 aliphatic carbocycles. The van der Waals surface area contributed by atoms with Gasteiger partial charge in [-0.25, -0.2) is 0 Å². The van der Waals surface area contributed by atoms with Crippen molar-refractivity contribution in [1.29, 1.82) is 0 Å². The monoisotopic (exact) mass is 979 g/mol. The van der Waals surface area contributed by atoms with E-state index < -0.39 is 6.10 Å². The summed E-state index contributed by atoms with van der Waals surface area (Å²) in [4.78, 5) is 38.1. The van der Waals surface area contributed by atoms with Crippen molar-refractivity contribution in [2.45, 2.75) is 316 Å². The largest absolute Gasteiger partial charge is 0.462 e. The number of allylic oxidation sites excluding steroid dienone is 10. The molecule has 0 amide bonds. The third-order valence-corrected chi connectivity index (χ3v) is 13.3.